The molecule has 0 bridgehead atoms. The molecule has 4 heterocycles. The molecule has 0 aliphatic rings. The van der Waals surface area contributed by atoms with Crippen LogP contribution in [0.5, 0.6) is 0 Å². The lowest BCUT2D eigenvalue weighted by molar-refractivity contribution is 0.669. The van der Waals surface area contributed by atoms with Crippen LogP contribution >= 0.6 is 11.3 Å². The average molecular weight is 760 g/mol. The summed E-state index contributed by atoms with van der Waals surface area (Å²) in [6, 6.07) is 25.2. The fourth-order valence-corrected chi connectivity index (χ4v) is 8.55. The van der Waals surface area contributed by atoms with Gasteiger partial charge in [-0.25, -0.2) is 15.0 Å². The largest absolute Gasteiger partial charge is 0.455 e. The van der Waals surface area contributed by atoms with Crippen LogP contribution < -0.4 is 0 Å². The zero-order valence-electron chi connectivity index (χ0n) is 41.4. The fourth-order valence-electron chi connectivity index (χ4n) is 7.41. The third kappa shape index (κ3) is 5.12. The van der Waals surface area contributed by atoms with E-state index in [-0.39, 0.29) is 89.6 Å². The first-order valence-electron chi connectivity index (χ1n) is 24.0. The topological polar surface area (TPSA) is 65.0 Å². The van der Waals surface area contributed by atoms with Crippen molar-refractivity contribution in [3.63, 3.8) is 0 Å². The Labute approximate surface area is 347 Å². The van der Waals surface area contributed by atoms with Crippen molar-refractivity contribution in [3.8, 4) is 56.4 Å². The Bertz CT molecular complexity index is 4170. The van der Waals surface area contributed by atoms with Gasteiger partial charge >= 0.3 is 0 Å². The van der Waals surface area contributed by atoms with Crippen molar-refractivity contribution in [2.24, 2.45) is 0 Å². The lowest BCUT2D eigenvalue weighted by Crippen LogP contribution is -2.00. The van der Waals surface area contributed by atoms with Crippen LogP contribution in [0.2, 0.25) is 0 Å². The Balaban J connectivity index is 1.23. The van der Waals surface area contributed by atoms with Gasteiger partial charge in [-0.15, -0.1) is 11.3 Å². The molecule has 266 valence electrons. The maximum atomic E-state index is 10.1. The van der Waals surface area contributed by atoms with E-state index in [9.17, 15) is 8.22 Å². The van der Waals surface area contributed by atoms with Crippen molar-refractivity contribution in [3.05, 3.63) is 176 Å². The van der Waals surface area contributed by atoms with Gasteiger partial charge in [0, 0.05) is 69.5 Å². The van der Waals surface area contributed by atoms with Crippen LogP contribution in [0.4, 0.5) is 0 Å². The number of fused-ring (bicyclic) bond motifs is 9. The number of furan rings is 2. The summed E-state index contributed by atoms with van der Waals surface area (Å²) in [5.74, 6) is 0.346. The first-order valence-corrected chi connectivity index (χ1v) is 18.8. The summed E-state index contributed by atoms with van der Waals surface area (Å²) in [6.07, 6.45) is 0. The molecule has 57 heavy (non-hydrogen) atoms. The fraction of sp³-hybridized carbons (Fsp3) is 0. The van der Waals surface area contributed by atoms with Gasteiger partial charge in [0.25, 0.3) is 0 Å². The Morgan fingerprint density at radius 2 is 1.05 bits per heavy atom. The maximum Gasteiger partial charge on any atom is 0.164 e. The third-order valence-electron chi connectivity index (χ3n) is 10.0. The highest BCUT2D eigenvalue weighted by atomic mass is 32.1. The SMILES string of the molecule is [2H]c1c([2H])c([2H])c2c(oc3c(-c4ccc5c(c4)sc4ccccc45)c([2H])c(-c4c([2H])c([2H])c([2H])c5c4oc4c([2H])c([2H])c([2H])c(-c6nc(-c7ccccc7)nc(-c7ccccc7)n6)c45)c([2H])c32)c1[2H]. The van der Waals surface area contributed by atoms with Gasteiger partial charge in [0.2, 0.25) is 0 Å². The lowest BCUT2D eigenvalue weighted by Gasteiger charge is -2.10. The normalized spacial score (nSPS) is 14.8. The van der Waals surface area contributed by atoms with E-state index in [1.807, 2.05) is 72.8 Å². The minimum Gasteiger partial charge on any atom is -0.455 e. The third-order valence-corrected chi connectivity index (χ3v) is 11.2. The molecule has 0 unspecified atom stereocenters. The molecule has 12 rings (SSSR count). The molecule has 0 spiro atoms. The smallest absolute Gasteiger partial charge is 0.164 e. The van der Waals surface area contributed by atoms with Gasteiger partial charge in [-0.2, -0.15) is 0 Å². The molecular weight excluding hydrogens is 719 g/mol. The maximum absolute atomic E-state index is 10.1. The lowest BCUT2D eigenvalue weighted by atomic mass is 9.94. The second-order valence-electron chi connectivity index (χ2n) is 13.4. The molecule has 8 aromatic carbocycles. The van der Waals surface area contributed by atoms with E-state index in [2.05, 4.69) is 0 Å². The molecule has 4 aromatic heterocycles. The van der Waals surface area contributed by atoms with Crippen LogP contribution in [0.15, 0.2) is 184 Å². The molecule has 6 heteroatoms. The zero-order chi connectivity index (χ0) is 47.9. The predicted molar refractivity (Wildman–Crippen MR) is 234 cm³/mol. The van der Waals surface area contributed by atoms with Crippen molar-refractivity contribution >= 4 is 75.4 Å². The Morgan fingerprint density at radius 3 is 1.88 bits per heavy atom. The van der Waals surface area contributed by atoms with E-state index < -0.39 is 66.5 Å². The van der Waals surface area contributed by atoms with Gasteiger partial charge in [0.15, 0.2) is 17.5 Å². The second-order valence-corrected chi connectivity index (χ2v) is 14.5. The average Bonchev–Trinajstić information content (AvgIpc) is 4.08. The van der Waals surface area contributed by atoms with E-state index in [0.717, 1.165) is 20.2 Å². The molecule has 12 aromatic rings. The van der Waals surface area contributed by atoms with Crippen LogP contribution in [0, 0.1) is 0 Å². The van der Waals surface area contributed by atoms with Gasteiger partial charge in [0.05, 0.1) is 16.4 Å². The predicted octanol–water partition coefficient (Wildman–Crippen LogP) is 14.4. The van der Waals surface area contributed by atoms with Crippen molar-refractivity contribution in [2.45, 2.75) is 0 Å². The number of para-hydroxylation sites is 2. The minimum absolute atomic E-state index is 0.0708. The molecule has 5 nitrogen and oxygen atoms in total. The van der Waals surface area contributed by atoms with E-state index in [0.29, 0.717) is 16.7 Å². The molecule has 0 aliphatic carbocycles. The molecule has 0 saturated heterocycles. The highest BCUT2D eigenvalue weighted by molar-refractivity contribution is 7.25. The van der Waals surface area contributed by atoms with Crippen molar-refractivity contribution in [1.29, 1.82) is 0 Å². The Hall–Kier alpha value is -7.41. The molecule has 0 amide bonds. The number of hydrogen-bond acceptors (Lipinski definition) is 6. The summed E-state index contributed by atoms with van der Waals surface area (Å²) < 4.78 is 125. The molecule has 0 radical (unpaired) electrons. The summed E-state index contributed by atoms with van der Waals surface area (Å²) in [4.78, 5) is 14.4. The number of nitrogens with zero attached hydrogens (tertiary/aromatic N) is 3. The van der Waals surface area contributed by atoms with Crippen LogP contribution in [0.1, 0.15) is 16.4 Å². The highest BCUT2D eigenvalue weighted by Crippen LogP contribution is 2.45. The molecule has 0 aliphatic heterocycles. The van der Waals surface area contributed by atoms with E-state index in [1.54, 1.807) is 30.3 Å². The molecule has 0 saturated carbocycles. The van der Waals surface area contributed by atoms with Gasteiger partial charge in [-0.3, -0.25) is 0 Å². The summed E-state index contributed by atoms with van der Waals surface area (Å²) in [7, 11) is 0. The number of aromatic nitrogens is 3. The number of benzene rings is 8. The zero-order valence-corrected chi connectivity index (χ0v) is 30.2. The summed E-state index contributed by atoms with van der Waals surface area (Å²) >= 11 is 1.52. The van der Waals surface area contributed by atoms with Crippen molar-refractivity contribution < 1.29 is 25.3 Å². The van der Waals surface area contributed by atoms with Crippen LogP contribution in [-0.2, 0) is 0 Å². The van der Waals surface area contributed by atoms with Gasteiger partial charge in [-0.1, -0.05) is 139 Å². The molecule has 0 fully saturated rings. The van der Waals surface area contributed by atoms with Crippen molar-refractivity contribution in [2.75, 3.05) is 0 Å². The van der Waals surface area contributed by atoms with E-state index >= 15 is 0 Å². The molecule has 0 atom stereocenters. The molecular formula is C51H29N3O2S. The van der Waals surface area contributed by atoms with Crippen LogP contribution in [-0.4, -0.2) is 15.0 Å². The Morgan fingerprint density at radius 1 is 0.421 bits per heavy atom. The summed E-state index contributed by atoms with van der Waals surface area (Å²) in [5, 5.41) is 1.51. The minimum atomic E-state index is -0.643. The standard InChI is InChI=1S/C51H29N3O2S/c1-3-13-30(14-4-1)49-52-50(31-15-5-2-6-16-31)54-51(53-49)39-21-12-23-43-46(39)38-20-11-19-34(47(38)56-43)33-27-40(48-41(28-33)35-17-7-9-22-42(35)55-48)32-25-26-37-36-18-8-10-24-44(36)57-45(37)29-32/h1-29H/i7D,9D,11D,12D,17D,19D,20D,21D,22D,23D,27D,28D. The second kappa shape index (κ2) is 12.6. The summed E-state index contributed by atoms with van der Waals surface area (Å²) in [5.41, 5.74) is 0.144. The van der Waals surface area contributed by atoms with Gasteiger partial charge in [0.1, 0.15) is 22.3 Å². The van der Waals surface area contributed by atoms with E-state index in [1.165, 1.54) is 11.3 Å². The molecule has 0 N–H and O–H groups in total. The Kier molecular flexibility index (Phi) is 4.90. The van der Waals surface area contributed by atoms with Crippen LogP contribution in [0.3, 0.4) is 0 Å². The van der Waals surface area contributed by atoms with Gasteiger partial charge in [-0.05, 0) is 47.4 Å². The monoisotopic (exact) mass is 759 g/mol. The van der Waals surface area contributed by atoms with Gasteiger partial charge < -0.3 is 8.83 Å². The number of thiophene rings is 1. The number of rotatable bonds is 5. The summed E-state index contributed by atoms with van der Waals surface area (Å²) in [6.45, 7) is 0. The highest BCUT2D eigenvalue weighted by Gasteiger charge is 2.22. The van der Waals surface area contributed by atoms with Crippen LogP contribution in [0.25, 0.3) is 120 Å². The number of hydrogen-bond donors (Lipinski definition) is 0. The first-order chi connectivity index (χ1) is 33.2. The first kappa shape index (κ1) is 22.2. The van der Waals surface area contributed by atoms with Crippen molar-refractivity contribution in [1.82, 2.24) is 15.0 Å². The van der Waals surface area contributed by atoms with E-state index in [4.69, 9.17) is 32.0 Å². The quantitative estimate of drug-likeness (QED) is 0.175.